The normalized spacial score (nSPS) is 11.3. The molecule has 2 nitrogen and oxygen atoms in total. The lowest BCUT2D eigenvalue weighted by Crippen LogP contribution is -2.17. The molecule has 1 aromatic rings. The maximum Gasteiger partial charge on any atom is 0.573 e. The number of Topliss-reactive ketones (excluding diaryl/α,β-unsaturated/α-hetero) is 1. The van der Waals surface area contributed by atoms with Crippen molar-refractivity contribution in [2.75, 3.05) is 0 Å². The molecule has 0 atom stereocenters. The predicted octanol–water partition coefficient (Wildman–Crippen LogP) is 3.55. The molecule has 6 heteroatoms. The summed E-state index contributed by atoms with van der Waals surface area (Å²) in [6.45, 7) is 1.26. The first-order valence-corrected chi connectivity index (χ1v) is 4.65. The molecule has 1 rings (SSSR count). The largest absolute Gasteiger partial charge is 0.573 e. The summed E-state index contributed by atoms with van der Waals surface area (Å²) in [5, 5.41) is 0. The second-order valence-corrected chi connectivity index (χ2v) is 3.60. The Hall–Kier alpha value is -1.04. The van der Waals surface area contributed by atoms with Crippen molar-refractivity contribution in [1.29, 1.82) is 0 Å². The van der Waals surface area contributed by atoms with Gasteiger partial charge in [-0.05, 0) is 25.1 Å². The summed E-state index contributed by atoms with van der Waals surface area (Å²) in [5.41, 5.74) is 0.150. The van der Waals surface area contributed by atoms with Crippen molar-refractivity contribution < 1.29 is 22.7 Å². The Morgan fingerprint density at radius 3 is 2.47 bits per heavy atom. The predicted molar refractivity (Wildman–Crippen MR) is 50.8 cm³/mol. The summed E-state index contributed by atoms with van der Waals surface area (Å²) < 4.78 is 39.7. The van der Waals surface area contributed by atoms with Gasteiger partial charge in [0, 0.05) is 10.0 Å². The van der Waals surface area contributed by atoms with E-state index in [1.165, 1.54) is 13.0 Å². The Kier molecular flexibility index (Phi) is 3.38. The molecule has 0 aliphatic heterocycles. The van der Waals surface area contributed by atoms with Gasteiger partial charge in [-0.25, -0.2) is 0 Å². The number of benzene rings is 1. The van der Waals surface area contributed by atoms with Crippen LogP contribution in [-0.4, -0.2) is 12.1 Å². The first-order valence-electron chi connectivity index (χ1n) is 3.86. The fraction of sp³-hybridized carbons (Fsp3) is 0.222. The van der Waals surface area contributed by atoms with Crippen LogP contribution in [0.2, 0.25) is 0 Å². The first kappa shape index (κ1) is 12.0. The fourth-order valence-electron chi connectivity index (χ4n) is 0.971. The fourth-order valence-corrected chi connectivity index (χ4v) is 1.50. The number of carbonyl (C=O) groups is 1. The van der Waals surface area contributed by atoms with Crippen LogP contribution in [0, 0.1) is 0 Å². The summed E-state index contributed by atoms with van der Waals surface area (Å²) in [6.07, 6.45) is -4.75. The van der Waals surface area contributed by atoms with Crippen LogP contribution in [0.1, 0.15) is 17.3 Å². The number of alkyl halides is 3. The molecule has 0 fully saturated rings. The minimum atomic E-state index is -4.75. The van der Waals surface area contributed by atoms with Crippen molar-refractivity contribution in [2.24, 2.45) is 0 Å². The van der Waals surface area contributed by atoms with Gasteiger partial charge in [0.25, 0.3) is 0 Å². The lowest BCUT2D eigenvalue weighted by Gasteiger charge is -2.10. The average molecular weight is 283 g/mol. The van der Waals surface area contributed by atoms with Crippen molar-refractivity contribution in [3.63, 3.8) is 0 Å². The second kappa shape index (κ2) is 4.22. The number of hydrogen-bond donors (Lipinski definition) is 0. The molecule has 0 N–H and O–H groups in total. The van der Waals surface area contributed by atoms with Crippen LogP contribution in [0.3, 0.4) is 0 Å². The van der Waals surface area contributed by atoms with E-state index in [0.717, 1.165) is 12.1 Å². The zero-order chi connectivity index (χ0) is 11.6. The molecule has 1 aromatic carbocycles. The third-order valence-electron chi connectivity index (χ3n) is 1.55. The molecule has 82 valence electrons. The molecular weight excluding hydrogens is 277 g/mol. The third kappa shape index (κ3) is 3.54. The van der Waals surface area contributed by atoms with Gasteiger partial charge in [-0.1, -0.05) is 15.9 Å². The molecule has 0 spiro atoms. The minimum absolute atomic E-state index is 0.150. The molecule has 0 aliphatic rings. The molecule has 0 unspecified atom stereocenters. The highest BCUT2D eigenvalue weighted by Gasteiger charge is 2.31. The third-order valence-corrected chi connectivity index (χ3v) is 2.24. The van der Waals surface area contributed by atoms with Crippen LogP contribution in [0.4, 0.5) is 13.2 Å². The molecule has 0 amide bonds. The van der Waals surface area contributed by atoms with Crippen LogP contribution >= 0.6 is 15.9 Å². The zero-order valence-electron chi connectivity index (χ0n) is 7.56. The SMILES string of the molecule is CC(=O)c1cc(OC(F)(F)F)ccc1Br. The Morgan fingerprint density at radius 1 is 1.40 bits per heavy atom. The van der Waals surface area contributed by atoms with E-state index in [1.54, 1.807) is 0 Å². The van der Waals surface area contributed by atoms with Crippen LogP contribution in [0.15, 0.2) is 22.7 Å². The summed E-state index contributed by atoms with van der Waals surface area (Å²) in [4.78, 5) is 11.0. The van der Waals surface area contributed by atoms with Gasteiger partial charge in [0.2, 0.25) is 0 Å². The van der Waals surface area contributed by atoms with Crippen molar-refractivity contribution in [3.8, 4) is 5.75 Å². The molecule has 0 heterocycles. The highest BCUT2D eigenvalue weighted by molar-refractivity contribution is 9.10. The van der Waals surface area contributed by atoms with Crippen molar-refractivity contribution in [1.82, 2.24) is 0 Å². The summed E-state index contributed by atoms with van der Waals surface area (Å²) in [5.74, 6) is -0.745. The van der Waals surface area contributed by atoms with Gasteiger partial charge in [0.05, 0.1) is 0 Å². The summed E-state index contributed by atoms with van der Waals surface area (Å²) >= 11 is 3.05. The number of hydrogen-bond acceptors (Lipinski definition) is 2. The number of halogens is 4. The Labute approximate surface area is 92.2 Å². The van der Waals surface area contributed by atoms with Gasteiger partial charge < -0.3 is 4.74 Å². The maximum atomic E-state index is 11.9. The van der Waals surface area contributed by atoms with E-state index in [1.807, 2.05) is 0 Å². The summed E-state index contributed by atoms with van der Waals surface area (Å²) in [7, 11) is 0. The van der Waals surface area contributed by atoms with Crippen LogP contribution in [0.25, 0.3) is 0 Å². The second-order valence-electron chi connectivity index (χ2n) is 2.75. The van der Waals surface area contributed by atoms with Gasteiger partial charge in [-0.15, -0.1) is 13.2 Å². The van der Waals surface area contributed by atoms with Gasteiger partial charge in [-0.3, -0.25) is 4.79 Å². The molecule has 0 saturated heterocycles. The van der Waals surface area contributed by atoms with Crippen molar-refractivity contribution in [2.45, 2.75) is 13.3 Å². The lowest BCUT2D eigenvalue weighted by molar-refractivity contribution is -0.274. The Balaban J connectivity index is 3.03. The van der Waals surface area contributed by atoms with Crippen molar-refractivity contribution in [3.05, 3.63) is 28.2 Å². The quantitative estimate of drug-likeness (QED) is 0.776. The molecule has 0 radical (unpaired) electrons. The van der Waals surface area contributed by atoms with E-state index in [0.29, 0.717) is 4.47 Å². The van der Waals surface area contributed by atoms with Crippen LogP contribution in [-0.2, 0) is 0 Å². The van der Waals surface area contributed by atoms with Crippen LogP contribution in [0.5, 0.6) is 5.75 Å². The van der Waals surface area contributed by atoms with E-state index in [4.69, 9.17) is 0 Å². The van der Waals surface area contributed by atoms with E-state index in [9.17, 15) is 18.0 Å². The number of carbonyl (C=O) groups excluding carboxylic acids is 1. The zero-order valence-corrected chi connectivity index (χ0v) is 9.15. The number of rotatable bonds is 2. The van der Waals surface area contributed by atoms with E-state index in [2.05, 4.69) is 20.7 Å². The maximum absolute atomic E-state index is 11.9. The molecule has 15 heavy (non-hydrogen) atoms. The number of ketones is 1. The van der Waals surface area contributed by atoms with E-state index < -0.39 is 12.1 Å². The molecule has 0 aromatic heterocycles. The highest BCUT2D eigenvalue weighted by atomic mass is 79.9. The lowest BCUT2D eigenvalue weighted by atomic mass is 10.1. The van der Waals surface area contributed by atoms with E-state index in [-0.39, 0.29) is 11.3 Å². The Bertz CT molecular complexity index is 387. The van der Waals surface area contributed by atoms with Gasteiger partial charge >= 0.3 is 6.36 Å². The molecule has 0 aliphatic carbocycles. The Morgan fingerprint density at radius 2 is 2.00 bits per heavy atom. The minimum Gasteiger partial charge on any atom is -0.406 e. The monoisotopic (exact) mass is 282 g/mol. The van der Waals surface area contributed by atoms with Gasteiger partial charge in [0.1, 0.15) is 5.75 Å². The van der Waals surface area contributed by atoms with E-state index >= 15 is 0 Å². The summed E-state index contributed by atoms with van der Waals surface area (Å²) in [6, 6.07) is 3.50. The molecule has 0 saturated carbocycles. The number of ether oxygens (including phenoxy) is 1. The van der Waals surface area contributed by atoms with Gasteiger partial charge in [0.15, 0.2) is 5.78 Å². The van der Waals surface area contributed by atoms with Gasteiger partial charge in [-0.2, -0.15) is 0 Å². The molecule has 0 bridgehead atoms. The smallest absolute Gasteiger partial charge is 0.406 e. The first-order chi connectivity index (χ1) is 6.79. The topological polar surface area (TPSA) is 26.3 Å². The average Bonchev–Trinajstić information content (AvgIpc) is 2.05. The highest BCUT2D eigenvalue weighted by Crippen LogP contribution is 2.27. The standard InChI is InChI=1S/C9H6BrF3O2/c1-5(14)7-4-6(2-3-8(7)10)15-9(11,12)13/h2-4H,1H3. The molecular formula is C9H6BrF3O2. The van der Waals surface area contributed by atoms with Crippen LogP contribution < -0.4 is 4.74 Å². The van der Waals surface area contributed by atoms with Crippen molar-refractivity contribution >= 4 is 21.7 Å².